The third-order valence-corrected chi connectivity index (χ3v) is 8.03. The van der Waals surface area contributed by atoms with E-state index < -0.39 is 0 Å². The predicted molar refractivity (Wildman–Crippen MR) is 153 cm³/mol. The van der Waals surface area contributed by atoms with Gasteiger partial charge < -0.3 is 10.2 Å². The van der Waals surface area contributed by atoms with Crippen molar-refractivity contribution in [3.8, 4) is 22.9 Å². The summed E-state index contributed by atoms with van der Waals surface area (Å²) in [4.78, 5) is 28.1. The van der Waals surface area contributed by atoms with Crippen molar-refractivity contribution in [1.82, 2.24) is 39.5 Å². The molecule has 2 aliphatic rings. The summed E-state index contributed by atoms with van der Waals surface area (Å²) in [6, 6.07) is 17.2. The van der Waals surface area contributed by atoms with Crippen molar-refractivity contribution in [2.45, 2.75) is 37.8 Å². The number of nitrogens with one attached hydrogen (secondary N) is 1. The molecular weight excluding hydrogens is 500 g/mol. The van der Waals surface area contributed by atoms with Gasteiger partial charge in [0.1, 0.15) is 11.3 Å². The quantitative estimate of drug-likeness (QED) is 0.327. The highest BCUT2D eigenvalue weighted by Gasteiger charge is 2.28. The molecule has 0 spiro atoms. The second-order valence-corrected chi connectivity index (χ2v) is 10.4. The van der Waals surface area contributed by atoms with Gasteiger partial charge in [-0.1, -0.05) is 12.6 Å². The molecule has 1 saturated heterocycles. The highest BCUT2D eigenvalue weighted by molar-refractivity contribution is 5.87. The van der Waals surface area contributed by atoms with Crippen LogP contribution in [-0.2, 0) is 11.2 Å². The van der Waals surface area contributed by atoms with Gasteiger partial charge in [-0.25, -0.2) is 14.6 Å². The molecule has 4 aromatic heterocycles. The number of piperidine rings is 1. The summed E-state index contributed by atoms with van der Waals surface area (Å²) in [5.74, 6) is 1.57. The number of imidazole rings is 1. The minimum absolute atomic E-state index is 0.0288. The number of hydrogen-bond acceptors (Lipinski definition) is 6. The predicted octanol–water partition coefficient (Wildman–Crippen LogP) is 4.42. The zero-order valence-electron chi connectivity index (χ0n) is 22.1. The number of rotatable bonds is 6. The lowest BCUT2D eigenvalue weighted by Crippen LogP contribution is -2.45. The van der Waals surface area contributed by atoms with Crippen LogP contribution in [0, 0.1) is 0 Å². The van der Waals surface area contributed by atoms with Crippen molar-refractivity contribution in [1.29, 1.82) is 0 Å². The largest absolute Gasteiger partial charge is 0.339 e. The van der Waals surface area contributed by atoms with Crippen molar-refractivity contribution < 1.29 is 4.79 Å². The first-order valence-electron chi connectivity index (χ1n) is 13.8. The first-order valence-corrected chi connectivity index (χ1v) is 13.8. The van der Waals surface area contributed by atoms with E-state index in [4.69, 9.17) is 9.97 Å². The fourth-order valence-corrected chi connectivity index (χ4v) is 6.01. The van der Waals surface area contributed by atoms with Crippen LogP contribution < -0.4 is 5.32 Å². The van der Waals surface area contributed by atoms with Crippen LogP contribution in [0.1, 0.15) is 36.4 Å². The minimum atomic E-state index is 0.0288. The van der Waals surface area contributed by atoms with Gasteiger partial charge >= 0.3 is 0 Å². The van der Waals surface area contributed by atoms with Crippen LogP contribution in [0.4, 0.5) is 0 Å². The van der Waals surface area contributed by atoms with Gasteiger partial charge in [0.2, 0.25) is 5.91 Å². The molecule has 9 heteroatoms. The smallest absolute Gasteiger partial charge is 0.245 e. The van der Waals surface area contributed by atoms with Crippen molar-refractivity contribution in [2.24, 2.45) is 0 Å². The van der Waals surface area contributed by atoms with Crippen LogP contribution in [0.25, 0.3) is 34.1 Å². The molecule has 9 nitrogen and oxygen atoms in total. The van der Waals surface area contributed by atoms with Gasteiger partial charge in [-0.05, 0) is 85.4 Å². The van der Waals surface area contributed by atoms with Crippen molar-refractivity contribution >= 4 is 17.1 Å². The second kappa shape index (κ2) is 10.2. The lowest BCUT2D eigenvalue weighted by molar-refractivity contribution is -0.127. The van der Waals surface area contributed by atoms with Gasteiger partial charge in [0.05, 0.1) is 0 Å². The number of carbonyl (C=O) groups excluding carboxylic acids is 1. The van der Waals surface area contributed by atoms with E-state index >= 15 is 0 Å². The van der Waals surface area contributed by atoms with Crippen molar-refractivity contribution in [3.05, 3.63) is 97.1 Å². The Bertz CT molecular complexity index is 1680. The van der Waals surface area contributed by atoms with E-state index in [0.717, 1.165) is 72.8 Å². The van der Waals surface area contributed by atoms with Crippen LogP contribution in [0.3, 0.4) is 0 Å². The first kappa shape index (κ1) is 24.4. The number of fused-ring (bicyclic) bond motifs is 2. The number of hydrogen-bond donors (Lipinski definition) is 1. The minimum Gasteiger partial charge on any atom is -0.339 e. The maximum atomic E-state index is 12.0. The highest BCUT2D eigenvalue weighted by Crippen LogP contribution is 2.36. The highest BCUT2D eigenvalue weighted by atomic mass is 16.2. The van der Waals surface area contributed by atoms with E-state index in [2.05, 4.69) is 44.7 Å². The third kappa shape index (κ3) is 4.38. The molecule has 1 amide bonds. The summed E-state index contributed by atoms with van der Waals surface area (Å²) >= 11 is 0. The molecule has 1 fully saturated rings. The van der Waals surface area contributed by atoms with Crippen molar-refractivity contribution in [3.63, 3.8) is 0 Å². The summed E-state index contributed by atoms with van der Waals surface area (Å²) in [7, 11) is 0. The zero-order chi connectivity index (χ0) is 27.1. The molecule has 1 aliphatic carbocycles. The zero-order valence-corrected chi connectivity index (χ0v) is 22.1. The maximum Gasteiger partial charge on any atom is 0.245 e. The molecule has 0 radical (unpaired) electrons. The summed E-state index contributed by atoms with van der Waals surface area (Å²) in [5.41, 5.74) is 6.25. The third-order valence-electron chi connectivity index (χ3n) is 8.03. The molecular formula is C31H30N8O. The van der Waals surface area contributed by atoms with Crippen LogP contribution >= 0.6 is 0 Å². The van der Waals surface area contributed by atoms with Crippen LogP contribution in [0.2, 0.25) is 0 Å². The molecule has 0 bridgehead atoms. The van der Waals surface area contributed by atoms with Gasteiger partial charge in [-0.2, -0.15) is 5.10 Å². The van der Waals surface area contributed by atoms with Crippen LogP contribution in [-0.4, -0.2) is 59.2 Å². The number of amides is 1. The molecule has 1 unspecified atom stereocenters. The van der Waals surface area contributed by atoms with Gasteiger partial charge in [0.25, 0.3) is 0 Å². The Morgan fingerprint density at radius 3 is 2.70 bits per heavy atom. The Morgan fingerprint density at radius 2 is 1.93 bits per heavy atom. The molecule has 1 aromatic carbocycles. The summed E-state index contributed by atoms with van der Waals surface area (Å²) in [5, 5.41) is 8.25. The van der Waals surface area contributed by atoms with E-state index in [1.165, 1.54) is 17.2 Å². The van der Waals surface area contributed by atoms with E-state index in [9.17, 15) is 4.79 Å². The van der Waals surface area contributed by atoms with Crippen LogP contribution in [0.15, 0.2) is 86.0 Å². The Labute approximate surface area is 232 Å². The molecule has 5 heterocycles. The fourth-order valence-electron chi connectivity index (χ4n) is 6.01. The Hall–Kier alpha value is -4.63. The normalized spacial score (nSPS) is 17.3. The number of nitrogens with zero attached hydrogens (tertiary/aromatic N) is 7. The molecule has 5 aromatic rings. The molecule has 1 atom stereocenters. The molecule has 7 rings (SSSR count). The fraction of sp³-hybridized carbons (Fsp3) is 0.258. The van der Waals surface area contributed by atoms with Gasteiger partial charge in [-0.3, -0.25) is 14.3 Å². The lowest BCUT2D eigenvalue weighted by Gasteiger charge is -2.33. The number of likely N-dealkylation sites (tertiary alicyclic amines) is 1. The Kier molecular flexibility index (Phi) is 6.20. The molecule has 1 N–H and O–H groups in total. The monoisotopic (exact) mass is 530 g/mol. The average molecular weight is 531 g/mol. The Balaban J connectivity index is 1.22. The van der Waals surface area contributed by atoms with E-state index in [1.54, 1.807) is 17.1 Å². The number of aromatic nitrogens is 6. The van der Waals surface area contributed by atoms with Crippen LogP contribution in [0.5, 0.6) is 0 Å². The van der Waals surface area contributed by atoms with Gasteiger partial charge in [0.15, 0.2) is 11.5 Å². The Morgan fingerprint density at radius 1 is 1.02 bits per heavy atom. The maximum absolute atomic E-state index is 12.0. The number of pyridine rings is 2. The molecule has 0 saturated carbocycles. The molecule has 200 valence electrons. The lowest BCUT2D eigenvalue weighted by atomic mass is 10.0. The van der Waals surface area contributed by atoms with E-state index in [-0.39, 0.29) is 5.91 Å². The summed E-state index contributed by atoms with van der Waals surface area (Å²) in [6.07, 6.45) is 12.7. The van der Waals surface area contributed by atoms with Crippen molar-refractivity contribution in [2.75, 3.05) is 13.1 Å². The average Bonchev–Trinajstić information content (AvgIpc) is 3.76. The van der Waals surface area contributed by atoms with Gasteiger partial charge in [0, 0.05) is 61.2 Å². The topological polar surface area (TPSA) is 93.8 Å². The SMILES string of the molecule is C=CC(=O)N1CCC(NC2CCc3cc(-n4c(-c5cccnc5)nc5ccc(-n6cccn6)nc54)ccc32)CC1. The second-order valence-electron chi connectivity index (χ2n) is 10.4. The summed E-state index contributed by atoms with van der Waals surface area (Å²) < 4.78 is 3.89. The molecule has 40 heavy (non-hydrogen) atoms. The number of benzene rings is 1. The summed E-state index contributed by atoms with van der Waals surface area (Å²) in [6.45, 7) is 5.17. The van der Waals surface area contributed by atoms with Gasteiger partial charge in [-0.15, -0.1) is 0 Å². The molecule has 1 aliphatic heterocycles. The van der Waals surface area contributed by atoms with E-state index in [0.29, 0.717) is 12.1 Å². The first-order chi connectivity index (χ1) is 19.7. The van der Waals surface area contributed by atoms with E-state index in [1.807, 2.05) is 47.6 Å². The number of aryl methyl sites for hydroxylation is 1. The standard InChI is InChI=1S/C31H30N8O/c1-2-29(40)37-17-12-23(13-18-37)34-26-9-6-21-19-24(7-8-25(21)26)39-30(22-5-3-14-32-20-22)35-27-10-11-28(36-31(27)39)38-16-4-15-33-38/h2-5,7-8,10-11,14-16,19-20,23,26,34H,1,6,9,12-13,17-18H2. The number of carbonyl (C=O) groups is 1.